The van der Waals surface area contributed by atoms with Crippen LogP contribution in [0, 0.1) is 0 Å². The summed E-state index contributed by atoms with van der Waals surface area (Å²) in [6, 6.07) is 8.58. The molecule has 1 aromatic heterocycles. The Labute approximate surface area is 167 Å². The Kier molecular flexibility index (Phi) is 6.62. The number of nitrogens with zero attached hydrogens (tertiary/aromatic N) is 4. The number of aryl methyl sites for hydroxylation is 1. The van der Waals surface area contributed by atoms with Gasteiger partial charge in [-0.05, 0) is 30.5 Å². The van der Waals surface area contributed by atoms with Gasteiger partial charge in [0.15, 0.2) is 5.96 Å². The first kappa shape index (κ1) is 19.2. The minimum Gasteiger partial charge on any atom is -0.356 e. The van der Waals surface area contributed by atoms with Gasteiger partial charge < -0.3 is 10.6 Å². The maximum absolute atomic E-state index is 4.29. The van der Waals surface area contributed by atoms with Gasteiger partial charge in [0.1, 0.15) is 12.2 Å². The Balaban J connectivity index is 0.00000208. The van der Waals surface area contributed by atoms with Crippen molar-refractivity contribution in [3.63, 3.8) is 0 Å². The Bertz CT molecular complexity index is 710. The van der Waals surface area contributed by atoms with Crippen LogP contribution in [0.4, 0.5) is 0 Å². The van der Waals surface area contributed by atoms with Crippen LogP contribution in [-0.4, -0.2) is 34.3 Å². The fraction of sp³-hybridized carbons (Fsp3) is 0.438. The maximum atomic E-state index is 4.29. The molecule has 0 amide bonds. The molecule has 8 heteroatoms. The second kappa shape index (κ2) is 8.28. The maximum Gasteiger partial charge on any atom is 0.191 e. The Hall–Kier alpha value is -1.16. The molecule has 24 heavy (non-hydrogen) atoms. The summed E-state index contributed by atoms with van der Waals surface area (Å²) in [6.45, 7) is 1.47. The van der Waals surface area contributed by atoms with E-state index in [9.17, 15) is 0 Å². The molecule has 0 spiro atoms. The minimum absolute atomic E-state index is 0. The van der Waals surface area contributed by atoms with Gasteiger partial charge in [-0.3, -0.25) is 9.67 Å². The largest absolute Gasteiger partial charge is 0.356 e. The first-order chi connectivity index (χ1) is 11.1. The lowest BCUT2D eigenvalue weighted by Crippen LogP contribution is -2.41. The number of guanidine groups is 1. The second-order valence-corrected chi connectivity index (χ2v) is 6.79. The number of aromatic nitrogens is 3. The molecule has 0 aliphatic heterocycles. The van der Waals surface area contributed by atoms with Gasteiger partial charge in [0, 0.05) is 30.5 Å². The van der Waals surface area contributed by atoms with Crippen LogP contribution in [-0.2, 0) is 19.0 Å². The smallest absolute Gasteiger partial charge is 0.191 e. The van der Waals surface area contributed by atoms with Crippen LogP contribution in [0.15, 0.2) is 40.1 Å². The summed E-state index contributed by atoms with van der Waals surface area (Å²) >= 11 is 3.56. The molecular weight excluding hydrogens is 483 g/mol. The van der Waals surface area contributed by atoms with Gasteiger partial charge in [-0.25, -0.2) is 4.98 Å². The highest BCUT2D eigenvalue weighted by molar-refractivity contribution is 14.0. The van der Waals surface area contributed by atoms with Crippen molar-refractivity contribution in [1.29, 1.82) is 0 Å². The molecule has 0 radical (unpaired) electrons. The van der Waals surface area contributed by atoms with Gasteiger partial charge in [-0.15, -0.1) is 24.0 Å². The van der Waals surface area contributed by atoms with Crippen molar-refractivity contribution in [3.8, 4) is 0 Å². The highest BCUT2D eigenvalue weighted by atomic mass is 127. The summed E-state index contributed by atoms with van der Waals surface area (Å²) in [4.78, 5) is 8.49. The van der Waals surface area contributed by atoms with Crippen molar-refractivity contribution >= 4 is 45.9 Å². The SMILES string of the molecule is CN=C(NCc1ncnn1C)NCC1(c2cccc(Br)c2)CC1.I. The lowest BCUT2D eigenvalue weighted by Gasteiger charge is -2.19. The van der Waals surface area contributed by atoms with Crippen LogP contribution in [0.25, 0.3) is 0 Å². The van der Waals surface area contributed by atoms with Crippen molar-refractivity contribution in [2.75, 3.05) is 13.6 Å². The van der Waals surface area contributed by atoms with Crippen LogP contribution < -0.4 is 10.6 Å². The Morgan fingerprint density at radius 2 is 2.17 bits per heavy atom. The number of aliphatic imine (C=N–C) groups is 1. The van der Waals surface area contributed by atoms with Crippen LogP contribution in [0.3, 0.4) is 0 Å². The van der Waals surface area contributed by atoms with E-state index >= 15 is 0 Å². The van der Waals surface area contributed by atoms with Crippen LogP contribution >= 0.6 is 39.9 Å². The van der Waals surface area contributed by atoms with E-state index in [-0.39, 0.29) is 29.4 Å². The Morgan fingerprint density at radius 3 is 2.75 bits per heavy atom. The zero-order valence-corrected chi connectivity index (χ0v) is 17.7. The Morgan fingerprint density at radius 1 is 1.38 bits per heavy atom. The van der Waals surface area contributed by atoms with E-state index < -0.39 is 0 Å². The van der Waals surface area contributed by atoms with E-state index in [1.54, 1.807) is 18.1 Å². The lowest BCUT2D eigenvalue weighted by atomic mass is 9.96. The van der Waals surface area contributed by atoms with Crippen molar-refractivity contribution < 1.29 is 0 Å². The van der Waals surface area contributed by atoms with E-state index in [1.807, 2.05) is 7.05 Å². The summed E-state index contributed by atoms with van der Waals surface area (Å²) in [6.07, 6.45) is 3.97. The minimum atomic E-state index is 0. The van der Waals surface area contributed by atoms with E-state index in [0.29, 0.717) is 6.54 Å². The van der Waals surface area contributed by atoms with Crippen LogP contribution in [0.2, 0.25) is 0 Å². The van der Waals surface area contributed by atoms with Crippen molar-refractivity contribution in [2.45, 2.75) is 24.8 Å². The number of rotatable bonds is 5. The highest BCUT2D eigenvalue weighted by Gasteiger charge is 2.44. The molecule has 1 saturated carbocycles. The molecule has 1 aliphatic carbocycles. The van der Waals surface area contributed by atoms with Crippen molar-refractivity contribution in [2.24, 2.45) is 12.0 Å². The van der Waals surface area contributed by atoms with E-state index in [1.165, 1.54) is 18.4 Å². The fourth-order valence-corrected chi connectivity index (χ4v) is 3.05. The van der Waals surface area contributed by atoms with E-state index in [2.05, 4.69) is 65.9 Å². The predicted octanol–water partition coefficient (Wildman–Crippen LogP) is 2.59. The monoisotopic (exact) mass is 504 g/mol. The lowest BCUT2D eigenvalue weighted by molar-refractivity contribution is 0.634. The van der Waals surface area contributed by atoms with Crippen molar-refractivity contribution in [1.82, 2.24) is 25.4 Å². The second-order valence-electron chi connectivity index (χ2n) is 5.87. The summed E-state index contributed by atoms with van der Waals surface area (Å²) in [5.41, 5.74) is 1.61. The third-order valence-corrected chi connectivity index (χ3v) is 4.82. The molecule has 0 unspecified atom stereocenters. The molecule has 2 aromatic rings. The van der Waals surface area contributed by atoms with Gasteiger partial charge in [0.25, 0.3) is 0 Å². The summed E-state index contributed by atoms with van der Waals surface area (Å²) in [5.74, 6) is 1.66. The number of benzene rings is 1. The molecule has 6 nitrogen and oxygen atoms in total. The number of halogens is 2. The van der Waals surface area contributed by atoms with Crippen LogP contribution in [0.5, 0.6) is 0 Å². The first-order valence-electron chi connectivity index (χ1n) is 7.66. The normalized spacial score (nSPS) is 15.5. The number of hydrogen-bond acceptors (Lipinski definition) is 3. The summed E-state index contributed by atoms with van der Waals surface area (Å²) in [7, 11) is 3.66. The first-order valence-corrected chi connectivity index (χ1v) is 8.46. The predicted molar refractivity (Wildman–Crippen MR) is 110 cm³/mol. The number of hydrogen-bond donors (Lipinski definition) is 2. The van der Waals surface area contributed by atoms with Crippen LogP contribution in [0.1, 0.15) is 24.2 Å². The third kappa shape index (κ3) is 4.47. The molecule has 1 aliphatic rings. The third-order valence-electron chi connectivity index (χ3n) is 4.33. The standard InChI is InChI=1S/C16H21BrN6.HI/c1-18-15(19-9-14-21-11-22-23(14)2)20-10-16(6-7-16)12-4-3-5-13(17)8-12;/h3-5,8,11H,6-7,9-10H2,1-2H3,(H2,18,19,20);1H. The van der Waals surface area contributed by atoms with Gasteiger partial charge in [-0.2, -0.15) is 5.10 Å². The zero-order valence-electron chi connectivity index (χ0n) is 13.8. The molecule has 2 N–H and O–H groups in total. The summed E-state index contributed by atoms with van der Waals surface area (Å²) in [5, 5.41) is 10.8. The molecule has 0 bridgehead atoms. The topological polar surface area (TPSA) is 67.1 Å². The van der Waals surface area contributed by atoms with E-state index in [0.717, 1.165) is 22.8 Å². The van der Waals surface area contributed by atoms with E-state index in [4.69, 9.17) is 0 Å². The molecule has 130 valence electrons. The zero-order chi connectivity index (χ0) is 16.3. The fourth-order valence-electron chi connectivity index (χ4n) is 2.65. The average Bonchev–Trinajstić information content (AvgIpc) is 3.24. The van der Waals surface area contributed by atoms with Crippen molar-refractivity contribution in [3.05, 3.63) is 46.5 Å². The van der Waals surface area contributed by atoms with Gasteiger partial charge in [-0.1, -0.05) is 28.1 Å². The molecule has 3 rings (SSSR count). The molecule has 1 heterocycles. The number of nitrogens with one attached hydrogen (secondary N) is 2. The van der Waals surface area contributed by atoms with Gasteiger partial charge in [0.2, 0.25) is 0 Å². The molecule has 0 saturated heterocycles. The highest BCUT2D eigenvalue weighted by Crippen LogP contribution is 2.48. The molecular formula is C16H22BrIN6. The van der Waals surface area contributed by atoms with Gasteiger partial charge in [0.05, 0.1) is 6.54 Å². The average molecular weight is 505 g/mol. The van der Waals surface area contributed by atoms with Gasteiger partial charge >= 0.3 is 0 Å². The molecule has 1 aromatic carbocycles. The quantitative estimate of drug-likeness (QED) is 0.373. The molecule has 0 atom stereocenters. The summed E-state index contributed by atoms with van der Waals surface area (Å²) < 4.78 is 2.88. The molecule has 1 fully saturated rings.